The first-order valence-electron chi connectivity index (χ1n) is 6.41. The van der Waals surface area contributed by atoms with E-state index < -0.39 is 0 Å². The zero-order chi connectivity index (χ0) is 15.4. The van der Waals surface area contributed by atoms with Gasteiger partial charge in [0.1, 0.15) is 0 Å². The van der Waals surface area contributed by atoms with E-state index in [1.807, 2.05) is 19.1 Å². The second-order valence-corrected chi connectivity index (χ2v) is 5.38. The molecular weight excluding hydrogens is 332 g/mol. The largest absolute Gasteiger partial charge is 0.355 e. The summed E-state index contributed by atoms with van der Waals surface area (Å²) in [5.74, 6) is -0.396. The number of carbonyl (C=O) groups excluding carboxylic acids is 2. The van der Waals surface area contributed by atoms with Crippen molar-refractivity contribution in [2.24, 2.45) is 0 Å². The quantitative estimate of drug-likeness (QED) is 0.894. The molecule has 21 heavy (non-hydrogen) atoms. The highest BCUT2D eigenvalue weighted by Gasteiger charge is 2.12. The molecule has 0 aliphatic heterocycles. The van der Waals surface area contributed by atoms with E-state index in [0.717, 1.165) is 10.0 Å². The third kappa shape index (κ3) is 3.49. The molecule has 0 fully saturated rings. The summed E-state index contributed by atoms with van der Waals surface area (Å²) >= 11 is 3.41. The Labute approximate surface area is 131 Å². The number of anilines is 1. The molecule has 0 unspecified atom stereocenters. The van der Waals surface area contributed by atoms with Crippen LogP contribution in [-0.4, -0.2) is 18.9 Å². The number of rotatable bonds is 3. The van der Waals surface area contributed by atoms with Crippen molar-refractivity contribution in [1.82, 2.24) is 5.32 Å². The minimum Gasteiger partial charge on any atom is -0.355 e. The molecule has 2 amide bonds. The summed E-state index contributed by atoms with van der Waals surface area (Å²) in [5.41, 5.74) is 2.55. The zero-order valence-electron chi connectivity index (χ0n) is 11.7. The summed E-state index contributed by atoms with van der Waals surface area (Å²) < 4.78 is 0.884. The first kappa shape index (κ1) is 15.3. The van der Waals surface area contributed by atoms with Crippen molar-refractivity contribution >= 4 is 33.4 Å². The predicted octanol–water partition coefficient (Wildman–Crippen LogP) is 3.37. The van der Waals surface area contributed by atoms with E-state index in [-0.39, 0.29) is 11.8 Å². The molecule has 108 valence electrons. The smallest absolute Gasteiger partial charge is 0.255 e. The Balaban J connectivity index is 2.24. The Hall–Kier alpha value is -2.14. The van der Waals surface area contributed by atoms with Gasteiger partial charge in [0.2, 0.25) is 0 Å². The number of benzene rings is 2. The Morgan fingerprint density at radius 3 is 2.48 bits per heavy atom. The Morgan fingerprint density at radius 1 is 1.05 bits per heavy atom. The highest BCUT2D eigenvalue weighted by Crippen LogP contribution is 2.20. The van der Waals surface area contributed by atoms with Gasteiger partial charge >= 0.3 is 0 Å². The van der Waals surface area contributed by atoms with Gasteiger partial charge in [-0.15, -0.1) is 0 Å². The molecule has 0 saturated heterocycles. The van der Waals surface area contributed by atoms with E-state index in [2.05, 4.69) is 26.6 Å². The number of amides is 2. The Morgan fingerprint density at radius 2 is 1.76 bits per heavy atom. The van der Waals surface area contributed by atoms with Gasteiger partial charge in [-0.05, 0) is 42.8 Å². The second-order valence-electron chi connectivity index (χ2n) is 4.53. The minimum absolute atomic E-state index is 0.190. The van der Waals surface area contributed by atoms with Gasteiger partial charge in [-0.3, -0.25) is 9.59 Å². The number of nitrogens with one attached hydrogen (secondary N) is 2. The molecule has 4 nitrogen and oxygen atoms in total. The third-order valence-corrected chi connectivity index (χ3v) is 3.98. The van der Waals surface area contributed by atoms with E-state index in [9.17, 15) is 9.59 Å². The first-order valence-corrected chi connectivity index (χ1v) is 7.21. The van der Waals surface area contributed by atoms with Crippen molar-refractivity contribution in [2.75, 3.05) is 12.4 Å². The van der Waals surface area contributed by atoms with Crippen molar-refractivity contribution in [3.05, 3.63) is 63.6 Å². The van der Waals surface area contributed by atoms with Crippen LogP contribution < -0.4 is 10.6 Å². The molecule has 5 heteroatoms. The summed E-state index contributed by atoms with van der Waals surface area (Å²) in [6, 6.07) is 12.3. The molecular formula is C16H15BrN2O2. The van der Waals surface area contributed by atoms with Crippen LogP contribution in [0.2, 0.25) is 0 Å². The van der Waals surface area contributed by atoms with Crippen LogP contribution >= 0.6 is 15.9 Å². The Kier molecular flexibility index (Phi) is 4.75. The highest BCUT2D eigenvalue weighted by atomic mass is 79.9. The fraction of sp³-hybridized carbons (Fsp3) is 0.125. The van der Waals surface area contributed by atoms with Crippen LogP contribution in [0.3, 0.4) is 0 Å². The van der Waals surface area contributed by atoms with Crippen LogP contribution in [-0.2, 0) is 0 Å². The van der Waals surface area contributed by atoms with Crippen LogP contribution in [0.15, 0.2) is 46.9 Å². The third-order valence-electron chi connectivity index (χ3n) is 3.12. The fourth-order valence-electron chi connectivity index (χ4n) is 1.93. The van der Waals surface area contributed by atoms with E-state index >= 15 is 0 Å². The van der Waals surface area contributed by atoms with Gasteiger partial charge in [-0.1, -0.05) is 28.1 Å². The van der Waals surface area contributed by atoms with Gasteiger partial charge in [-0.25, -0.2) is 0 Å². The lowest BCUT2D eigenvalue weighted by Gasteiger charge is -2.10. The van der Waals surface area contributed by atoms with Crippen molar-refractivity contribution in [3.8, 4) is 0 Å². The summed E-state index contributed by atoms with van der Waals surface area (Å²) in [6.07, 6.45) is 0. The summed E-state index contributed by atoms with van der Waals surface area (Å²) in [4.78, 5) is 23.9. The maximum Gasteiger partial charge on any atom is 0.255 e. The highest BCUT2D eigenvalue weighted by molar-refractivity contribution is 9.10. The number of hydrogen-bond acceptors (Lipinski definition) is 2. The van der Waals surface area contributed by atoms with Gasteiger partial charge < -0.3 is 10.6 Å². The van der Waals surface area contributed by atoms with Crippen LogP contribution in [0, 0.1) is 6.92 Å². The normalized spacial score (nSPS) is 10.0. The summed E-state index contributed by atoms with van der Waals surface area (Å²) in [7, 11) is 1.57. The van der Waals surface area contributed by atoms with Gasteiger partial charge in [0.05, 0.1) is 0 Å². The summed E-state index contributed by atoms with van der Waals surface area (Å²) in [6.45, 7) is 1.87. The van der Waals surface area contributed by atoms with E-state index in [1.165, 1.54) is 0 Å². The van der Waals surface area contributed by atoms with Crippen LogP contribution in [0.25, 0.3) is 0 Å². The molecule has 0 saturated carbocycles. The molecule has 2 N–H and O–H groups in total. The maximum atomic E-state index is 12.3. The summed E-state index contributed by atoms with van der Waals surface area (Å²) in [5, 5.41) is 5.36. The van der Waals surface area contributed by atoms with Crippen molar-refractivity contribution in [3.63, 3.8) is 0 Å². The average molecular weight is 347 g/mol. The Bertz CT molecular complexity index is 698. The van der Waals surface area contributed by atoms with Gasteiger partial charge in [0.15, 0.2) is 0 Å². The molecule has 0 heterocycles. The molecule has 0 spiro atoms. The van der Waals surface area contributed by atoms with Crippen molar-refractivity contribution < 1.29 is 9.59 Å². The first-order chi connectivity index (χ1) is 10.0. The number of halogens is 1. The van der Waals surface area contributed by atoms with E-state index in [1.54, 1.807) is 37.4 Å². The fourth-order valence-corrected chi connectivity index (χ4v) is 2.30. The molecule has 0 radical (unpaired) electrons. The zero-order valence-corrected chi connectivity index (χ0v) is 13.3. The van der Waals surface area contributed by atoms with Crippen LogP contribution in [0.1, 0.15) is 26.3 Å². The molecule has 2 aromatic rings. The lowest BCUT2D eigenvalue weighted by Crippen LogP contribution is -2.18. The molecule has 0 bridgehead atoms. The van der Waals surface area contributed by atoms with E-state index in [0.29, 0.717) is 16.8 Å². The van der Waals surface area contributed by atoms with Crippen LogP contribution in [0.4, 0.5) is 5.69 Å². The molecule has 0 aromatic heterocycles. The van der Waals surface area contributed by atoms with Crippen molar-refractivity contribution in [2.45, 2.75) is 6.92 Å². The van der Waals surface area contributed by atoms with Crippen molar-refractivity contribution in [1.29, 1.82) is 0 Å². The maximum absolute atomic E-state index is 12.3. The molecule has 0 aliphatic carbocycles. The average Bonchev–Trinajstić information content (AvgIpc) is 2.49. The second kappa shape index (κ2) is 6.54. The molecule has 0 aliphatic rings. The monoisotopic (exact) mass is 346 g/mol. The lowest BCUT2D eigenvalue weighted by molar-refractivity contribution is 0.0961. The van der Waals surface area contributed by atoms with Gasteiger partial charge in [0, 0.05) is 28.3 Å². The number of carbonyl (C=O) groups is 2. The van der Waals surface area contributed by atoms with Gasteiger partial charge in [0.25, 0.3) is 11.8 Å². The molecule has 2 aromatic carbocycles. The standard InChI is InChI=1S/C16H15BrN2O2/c1-10-13(7-4-8-14(10)17)16(21)19-12-6-3-5-11(9-12)15(20)18-2/h3-9H,1-2H3,(H,18,20)(H,19,21). The molecule has 0 atom stereocenters. The minimum atomic E-state index is -0.206. The molecule has 2 rings (SSSR count). The van der Waals surface area contributed by atoms with E-state index in [4.69, 9.17) is 0 Å². The van der Waals surface area contributed by atoms with Crippen LogP contribution in [0.5, 0.6) is 0 Å². The predicted molar refractivity (Wildman–Crippen MR) is 86.7 cm³/mol. The number of hydrogen-bond donors (Lipinski definition) is 2. The lowest BCUT2D eigenvalue weighted by atomic mass is 10.1. The SMILES string of the molecule is CNC(=O)c1cccc(NC(=O)c2cccc(Br)c2C)c1. The van der Waals surface area contributed by atoms with Gasteiger partial charge in [-0.2, -0.15) is 0 Å². The topological polar surface area (TPSA) is 58.2 Å².